The summed E-state index contributed by atoms with van der Waals surface area (Å²) in [5, 5.41) is 4.80. The van der Waals surface area contributed by atoms with Gasteiger partial charge < -0.3 is 4.90 Å². The number of rotatable bonds is 4. The van der Waals surface area contributed by atoms with Gasteiger partial charge >= 0.3 is 0 Å². The number of imidazole rings is 1. The normalized spacial score (nSPS) is 16.5. The number of benzene rings is 1. The van der Waals surface area contributed by atoms with Crippen LogP contribution in [0.3, 0.4) is 0 Å². The molecule has 0 amide bonds. The van der Waals surface area contributed by atoms with Crippen LogP contribution in [0.2, 0.25) is 0 Å². The Balaban J connectivity index is 1.39. The topological polar surface area (TPSA) is 59.2 Å². The molecule has 1 atom stereocenters. The number of anilines is 1. The van der Waals surface area contributed by atoms with Crippen molar-refractivity contribution in [2.24, 2.45) is 0 Å². The lowest BCUT2D eigenvalue weighted by atomic mass is 10.1. The van der Waals surface area contributed by atoms with E-state index in [0.717, 1.165) is 52.5 Å². The van der Waals surface area contributed by atoms with E-state index in [1.54, 1.807) is 17.5 Å². The first-order chi connectivity index (χ1) is 15.2. The summed E-state index contributed by atoms with van der Waals surface area (Å²) in [5.41, 5.74) is 7.97. The van der Waals surface area contributed by atoms with Gasteiger partial charge in [0.25, 0.3) is 0 Å². The van der Waals surface area contributed by atoms with Crippen LogP contribution in [-0.4, -0.2) is 37.2 Å². The van der Waals surface area contributed by atoms with E-state index >= 15 is 0 Å². The smallest absolute Gasteiger partial charge is 0.157 e. The molecule has 0 spiro atoms. The van der Waals surface area contributed by atoms with Crippen molar-refractivity contribution in [2.45, 2.75) is 32.2 Å². The van der Waals surface area contributed by atoms with E-state index < -0.39 is 0 Å². The van der Waals surface area contributed by atoms with Gasteiger partial charge in [0.05, 0.1) is 21.4 Å². The molecular formula is C24H22N6S. The van der Waals surface area contributed by atoms with Gasteiger partial charge in [0.2, 0.25) is 0 Å². The molecule has 4 aromatic heterocycles. The summed E-state index contributed by atoms with van der Waals surface area (Å²) >= 11 is 1.65. The zero-order valence-electron chi connectivity index (χ0n) is 17.3. The lowest BCUT2D eigenvalue weighted by Crippen LogP contribution is -2.27. The van der Waals surface area contributed by atoms with Gasteiger partial charge in [-0.1, -0.05) is 12.1 Å². The average Bonchev–Trinajstić information content (AvgIpc) is 3.53. The number of aromatic nitrogens is 5. The molecule has 1 aromatic carbocycles. The van der Waals surface area contributed by atoms with E-state index in [0.29, 0.717) is 6.04 Å². The lowest BCUT2D eigenvalue weighted by molar-refractivity contribution is 0.725. The molecular weight excluding hydrogens is 404 g/mol. The summed E-state index contributed by atoms with van der Waals surface area (Å²) in [6, 6.07) is 15.4. The van der Waals surface area contributed by atoms with Gasteiger partial charge in [0, 0.05) is 48.2 Å². The van der Waals surface area contributed by atoms with Crippen LogP contribution in [0, 0.1) is 0 Å². The minimum Gasteiger partial charge on any atom is -0.354 e. The summed E-state index contributed by atoms with van der Waals surface area (Å²) in [5.74, 6) is 1.08. The predicted octanol–water partition coefficient (Wildman–Crippen LogP) is 4.98. The second-order valence-corrected chi connectivity index (χ2v) is 9.02. The number of hydrogen-bond acceptors (Lipinski definition) is 6. The van der Waals surface area contributed by atoms with Crippen LogP contribution in [0.4, 0.5) is 5.82 Å². The summed E-state index contributed by atoms with van der Waals surface area (Å²) in [4.78, 5) is 16.3. The van der Waals surface area contributed by atoms with Gasteiger partial charge in [-0.25, -0.2) is 19.5 Å². The minimum atomic E-state index is 0.552. The van der Waals surface area contributed by atoms with Gasteiger partial charge in [0.1, 0.15) is 5.82 Å². The highest BCUT2D eigenvalue weighted by Crippen LogP contribution is 2.28. The fourth-order valence-electron chi connectivity index (χ4n) is 4.46. The molecule has 0 bridgehead atoms. The van der Waals surface area contributed by atoms with Crippen LogP contribution in [0.1, 0.15) is 31.0 Å². The highest BCUT2D eigenvalue weighted by atomic mass is 32.1. The van der Waals surface area contributed by atoms with Crippen LogP contribution in [0.5, 0.6) is 0 Å². The molecule has 6 rings (SSSR count). The van der Waals surface area contributed by atoms with Gasteiger partial charge in [-0.3, -0.25) is 0 Å². The summed E-state index contributed by atoms with van der Waals surface area (Å²) in [7, 11) is 0. The molecule has 1 saturated heterocycles. The zero-order chi connectivity index (χ0) is 20.8. The van der Waals surface area contributed by atoms with E-state index in [4.69, 9.17) is 10.1 Å². The molecule has 0 saturated carbocycles. The first kappa shape index (κ1) is 18.4. The molecule has 1 aliphatic heterocycles. The van der Waals surface area contributed by atoms with Crippen molar-refractivity contribution in [2.75, 3.05) is 11.4 Å². The van der Waals surface area contributed by atoms with Crippen LogP contribution in [0.15, 0.2) is 60.4 Å². The Labute approximate surface area is 184 Å². The fraction of sp³-hybridized carbons (Fsp3) is 0.250. The van der Waals surface area contributed by atoms with E-state index in [1.165, 1.54) is 17.5 Å². The Morgan fingerprint density at radius 3 is 3.00 bits per heavy atom. The fourth-order valence-corrected chi connectivity index (χ4v) is 5.18. The van der Waals surface area contributed by atoms with E-state index in [1.807, 2.05) is 16.2 Å². The molecule has 6 nitrogen and oxygen atoms in total. The zero-order valence-corrected chi connectivity index (χ0v) is 18.1. The largest absolute Gasteiger partial charge is 0.354 e. The van der Waals surface area contributed by atoms with E-state index in [-0.39, 0.29) is 0 Å². The van der Waals surface area contributed by atoms with Crippen LogP contribution in [-0.2, 0) is 6.42 Å². The molecule has 5 heterocycles. The molecule has 0 N–H and O–H groups in total. The molecule has 1 fully saturated rings. The average molecular weight is 427 g/mol. The standard InChI is InChI=1S/C24H22N6S/c1-16-4-3-10-29(16)23-6-2-5-19(27-23)12-18-13-21(28-30-11-9-25-24(18)30)17-7-8-20-22(14-17)31-15-26-20/h2,5-9,11,13-16H,3-4,10,12H2,1H3/t16-/m0/s1. The summed E-state index contributed by atoms with van der Waals surface area (Å²) in [6.45, 7) is 3.37. The first-order valence-corrected chi connectivity index (χ1v) is 11.5. The van der Waals surface area contributed by atoms with E-state index in [9.17, 15) is 0 Å². The molecule has 154 valence electrons. The second-order valence-electron chi connectivity index (χ2n) is 8.13. The molecule has 5 aromatic rings. The highest BCUT2D eigenvalue weighted by Gasteiger charge is 2.21. The first-order valence-electron chi connectivity index (χ1n) is 10.6. The molecule has 31 heavy (non-hydrogen) atoms. The van der Waals surface area contributed by atoms with Crippen molar-refractivity contribution in [3.63, 3.8) is 0 Å². The van der Waals surface area contributed by atoms with Gasteiger partial charge in [-0.15, -0.1) is 11.3 Å². The molecule has 0 aliphatic carbocycles. The minimum absolute atomic E-state index is 0.552. The SMILES string of the molecule is C[C@H]1CCCN1c1cccc(Cc2cc(-c3ccc4ncsc4c3)nn3ccnc23)n1. The molecule has 1 aliphatic rings. The Hall–Kier alpha value is -3.32. The summed E-state index contributed by atoms with van der Waals surface area (Å²) < 4.78 is 3.04. The molecule has 0 radical (unpaired) electrons. The van der Waals surface area contributed by atoms with Crippen molar-refractivity contribution in [3.8, 4) is 11.3 Å². The van der Waals surface area contributed by atoms with Crippen molar-refractivity contribution in [3.05, 3.63) is 71.6 Å². The Bertz CT molecular complexity index is 1390. The van der Waals surface area contributed by atoms with Crippen molar-refractivity contribution in [1.82, 2.24) is 24.6 Å². The van der Waals surface area contributed by atoms with Gasteiger partial charge in [-0.2, -0.15) is 5.10 Å². The third-order valence-electron chi connectivity index (χ3n) is 6.07. The monoisotopic (exact) mass is 426 g/mol. The molecule has 7 heteroatoms. The second kappa shape index (κ2) is 7.42. The Kier molecular flexibility index (Phi) is 4.42. The van der Waals surface area contributed by atoms with Gasteiger partial charge in [-0.05, 0) is 50.1 Å². The number of nitrogens with zero attached hydrogens (tertiary/aromatic N) is 6. The third kappa shape index (κ3) is 3.35. The van der Waals surface area contributed by atoms with Crippen LogP contribution >= 0.6 is 11.3 Å². The number of fused-ring (bicyclic) bond motifs is 2. The van der Waals surface area contributed by atoms with Gasteiger partial charge in [0.15, 0.2) is 5.65 Å². The third-order valence-corrected chi connectivity index (χ3v) is 6.86. The maximum absolute atomic E-state index is 4.99. The Morgan fingerprint density at radius 1 is 1.13 bits per heavy atom. The van der Waals surface area contributed by atoms with Crippen molar-refractivity contribution in [1.29, 1.82) is 0 Å². The summed E-state index contributed by atoms with van der Waals surface area (Å²) in [6.07, 6.45) is 6.90. The lowest BCUT2D eigenvalue weighted by Gasteiger charge is -2.23. The highest BCUT2D eigenvalue weighted by molar-refractivity contribution is 7.16. The van der Waals surface area contributed by atoms with Crippen molar-refractivity contribution < 1.29 is 0 Å². The maximum atomic E-state index is 4.99. The predicted molar refractivity (Wildman–Crippen MR) is 125 cm³/mol. The Morgan fingerprint density at radius 2 is 2.10 bits per heavy atom. The molecule has 0 unspecified atom stereocenters. The number of thiazole rings is 1. The van der Waals surface area contributed by atoms with Crippen LogP contribution < -0.4 is 4.90 Å². The van der Waals surface area contributed by atoms with E-state index in [2.05, 4.69) is 64.3 Å². The van der Waals surface area contributed by atoms with Crippen LogP contribution in [0.25, 0.3) is 27.1 Å². The number of hydrogen-bond donors (Lipinski definition) is 0. The van der Waals surface area contributed by atoms with Crippen molar-refractivity contribution >= 4 is 33.0 Å². The quantitative estimate of drug-likeness (QED) is 0.406. The maximum Gasteiger partial charge on any atom is 0.157 e. The number of pyridine rings is 1.